The van der Waals surface area contributed by atoms with Crippen LogP contribution in [0.15, 0.2) is 42.5 Å². The Morgan fingerprint density at radius 1 is 1.25 bits per heavy atom. The van der Waals surface area contributed by atoms with E-state index in [4.69, 9.17) is 9.47 Å². The van der Waals surface area contributed by atoms with E-state index < -0.39 is 0 Å². The second-order valence-electron chi connectivity index (χ2n) is 6.25. The molecule has 0 bridgehead atoms. The van der Waals surface area contributed by atoms with Gasteiger partial charge in [0.25, 0.3) is 5.91 Å². The van der Waals surface area contributed by atoms with Crippen LogP contribution in [0.2, 0.25) is 0 Å². The minimum Gasteiger partial charge on any atom is -0.491 e. The van der Waals surface area contributed by atoms with Crippen molar-refractivity contribution in [1.29, 1.82) is 0 Å². The summed E-state index contributed by atoms with van der Waals surface area (Å²) in [5, 5.41) is 2.96. The molecule has 1 heterocycles. The zero-order valence-electron chi connectivity index (χ0n) is 14.2. The Hall–Kier alpha value is -2.33. The van der Waals surface area contributed by atoms with Gasteiger partial charge in [-0.1, -0.05) is 23.8 Å². The number of nitrogens with one attached hydrogen (secondary N) is 1. The van der Waals surface area contributed by atoms with Gasteiger partial charge in [0.1, 0.15) is 12.4 Å². The standard InChI is InChI=1S/C20H23NO3/c1-14-8-9-19(15(2)11-14)21-20(22)16-5-3-6-17(12-16)24-13-18-7-4-10-23-18/h3,5-6,8-9,11-12,18H,4,7,10,13H2,1-2H3,(H,21,22). The smallest absolute Gasteiger partial charge is 0.255 e. The Morgan fingerprint density at radius 2 is 2.12 bits per heavy atom. The molecule has 1 amide bonds. The van der Waals surface area contributed by atoms with Crippen molar-refractivity contribution in [3.8, 4) is 5.75 Å². The largest absolute Gasteiger partial charge is 0.491 e. The molecule has 2 aromatic carbocycles. The van der Waals surface area contributed by atoms with Crippen LogP contribution in [0.25, 0.3) is 0 Å². The SMILES string of the molecule is Cc1ccc(NC(=O)c2cccc(OCC3CCCO3)c2)c(C)c1. The van der Waals surface area contributed by atoms with Crippen molar-refractivity contribution in [3.63, 3.8) is 0 Å². The van der Waals surface area contributed by atoms with Gasteiger partial charge in [0.05, 0.1) is 6.10 Å². The molecule has 0 radical (unpaired) electrons. The number of hydrogen-bond donors (Lipinski definition) is 1. The summed E-state index contributed by atoms with van der Waals surface area (Å²) >= 11 is 0. The number of hydrogen-bond acceptors (Lipinski definition) is 3. The van der Waals surface area contributed by atoms with E-state index in [1.807, 2.05) is 38.1 Å². The van der Waals surface area contributed by atoms with Gasteiger partial charge < -0.3 is 14.8 Å². The number of rotatable bonds is 5. The molecule has 4 heteroatoms. The van der Waals surface area contributed by atoms with Crippen LogP contribution in [-0.4, -0.2) is 25.2 Å². The molecule has 1 saturated heterocycles. The lowest BCUT2D eigenvalue weighted by Gasteiger charge is -2.13. The number of amides is 1. The fourth-order valence-electron chi connectivity index (χ4n) is 2.84. The van der Waals surface area contributed by atoms with Gasteiger partial charge in [-0.3, -0.25) is 4.79 Å². The lowest BCUT2D eigenvalue weighted by Crippen LogP contribution is -2.17. The molecular weight excluding hydrogens is 302 g/mol. The number of aryl methyl sites for hydroxylation is 2. The fourth-order valence-corrected chi connectivity index (χ4v) is 2.84. The topological polar surface area (TPSA) is 47.6 Å². The predicted octanol–water partition coefficient (Wildman–Crippen LogP) is 4.11. The Labute approximate surface area is 142 Å². The van der Waals surface area contributed by atoms with Gasteiger partial charge in [-0.25, -0.2) is 0 Å². The highest BCUT2D eigenvalue weighted by molar-refractivity contribution is 6.04. The molecule has 1 atom stereocenters. The van der Waals surface area contributed by atoms with Gasteiger partial charge in [-0.05, 0) is 56.5 Å². The maximum atomic E-state index is 12.5. The van der Waals surface area contributed by atoms with E-state index in [0.717, 1.165) is 30.7 Å². The van der Waals surface area contributed by atoms with E-state index >= 15 is 0 Å². The molecule has 0 saturated carbocycles. The average Bonchev–Trinajstić information content (AvgIpc) is 3.09. The molecule has 0 aromatic heterocycles. The number of carbonyl (C=O) groups excluding carboxylic acids is 1. The van der Waals surface area contributed by atoms with Crippen molar-refractivity contribution in [2.24, 2.45) is 0 Å². The van der Waals surface area contributed by atoms with Crippen LogP contribution in [0.4, 0.5) is 5.69 Å². The highest BCUT2D eigenvalue weighted by Gasteiger charge is 2.16. The summed E-state index contributed by atoms with van der Waals surface area (Å²) < 4.78 is 11.3. The number of carbonyl (C=O) groups is 1. The monoisotopic (exact) mass is 325 g/mol. The summed E-state index contributed by atoms with van der Waals surface area (Å²) in [6.45, 7) is 5.37. The van der Waals surface area contributed by atoms with E-state index in [9.17, 15) is 4.79 Å². The van der Waals surface area contributed by atoms with Gasteiger partial charge >= 0.3 is 0 Å². The molecule has 1 aliphatic heterocycles. The van der Waals surface area contributed by atoms with E-state index in [1.165, 1.54) is 5.56 Å². The number of benzene rings is 2. The van der Waals surface area contributed by atoms with Crippen LogP contribution in [0.3, 0.4) is 0 Å². The third kappa shape index (κ3) is 4.15. The van der Waals surface area contributed by atoms with E-state index in [0.29, 0.717) is 17.9 Å². The van der Waals surface area contributed by atoms with Gasteiger partial charge in [0, 0.05) is 17.9 Å². The molecule has 2 aromatic rings. The first-order valence-corrected chi connectivity index (χ1v) is 8.35. The Morgan fingerprint density at radius 3 is 2.88 bits per heavy atom. The molecule has 1 fully saturated rings. The zero-order chi connectivity index (χ0) is 16.9. The van der Waals surface area contributed by atoms with Crippen molar-refractivity contribution in [3.05, 3.63) is 59.2 Å². The molecule has 1 unspecified atom stereocenters. The van der Waals surface area contributed by atoms with Crippen molar-refractivity contribution < 1.29 is 14.3 Å². The van der Waals surface area contributed by atoms with Crippen molar-refractivity contribution in [2.45, 2.75) is 32.8 Å². The van der Waals surface area contributed by atoms with Gasteiger partial charge in [0.2, 0.25) is 0 Å². The second-order valence-corrected chi connectivity index (χ2v) is 6.25. The minimum absolute atomic E-state index is 0.135. The third-order valence-electron chi connectivity index (χ3n) is 4.19. The Kier molecular flexibility index (Phi) is 5.16. The first-order chi connectivity index (χ1) is 11.6. The molecule has 0 spiro atoms. The van der Waals surface area contributed by atoms with E-state index in [1.54, 1.807) is 12.1 Å². The normalized spacial score (nSPS) is 16.8. The van der Waals surface area contributed by atoms with Crippen LogP contribution < -0.4 is 10.1 Å². The van der Waals surface area contributed by atoms with Crippen LogP contribution >= 0.6 is 0 Å². The first-order valence-electron chi connectivity index (χ1n) is 8.35. The second kappa shape index (κ2) is 7.49. The van der Waals surface area contributed by atoms with Gasteiger partial charge in [-0.15, -0.1) is 0 Å². The van der Waals surface area contributed by atoms with Crippen molar-refractivity contribution >= 4 is 11.6 Å². The number of anilines is 1. The molecule has 1 aliphatic rings. The molecule has 24 heavy (non-hydrogen) atoms. The quantitative estimate of drug-likeness (QED) is 0.900. The van der Waals surface area contributed by atoms with Gasteiger partial charge in [0.15, 0.2) is 0 Å². The van der Waals surface area contributed by atoms with Crippen LogP contribution in [0, 0.1) is 13.8 Å². The summed E-state index contributed by atoms with van der Waals surface area (Å²) in [5.74, 6) is 0.559. The highest BCUT2D eigenvalue weighted by Crippen LogP contribution is 2.20. The summed E-state index contributed by atoms with van der Waals surface area (Å²) in [6, 6.07) is 13.2. The van der Waals surface area contributed by atoms with Crippen molar-refractivity contribution in [2.75, 3.05) is 18.5 Å². The van der Waals surface area contributed by atoms with Crippen LogP contribution in [0.5, 0.6) is 5.75 Å². The van der Waals surface area contributed by atoms with Gasteiger partial charge in [-0.2, -0.15) is 0 Å². The van der Waals surface area contributed by atoms with Crippen molar-refractivity contribution in [1.82, 2.24) is 0 Å². The molecule has 0 aliphatic carbocycles. The fraction of sp³-hybridized carbons (Fsp3) is 0.350. The molecule has 4 nitrogen and oxygen atoms in total. The molecular formula is C20H23NO3. The minimum atomic E-state index is -0.135. The molecule has 126 valence electrons. The summed E-state index contributed by atoms with van der Waals surface area (Å²) in [7, 11) is 0. The summed E-state index contributed by atoms with van der Waals surface area (Å²) in [6.07, 6.45) is 2.29. The van der Waals surface area contributed by atoms with E-state index in [-0.39, 0.29) is 12.0 Å². The lowest BCUT2D eigenvalue weighted by molar-refractivity contribution is 0.0679. The van der Waals surface area contributed by atoms with Crippen LogP contribution in [-0.2, 0) is 4.74 Å². The highest BCUT2D eigenvalue weighted by atomic mass is 16.5. The average molecular weight is 325 g/mol. The molecule has 3 rings (SSSR count). The number of ether oxygens (including phenoxy) is 2. The first kappa shape index (κ1) is 16.5. The Balaban J connectivity index is 1.65. The third-order valence-corrected chi connectivity index (χ3v) is 4.19. The molecule has 1 N–H and O–H groups in total. The summed E-state index contributed by atoms with van der Waals surface area (Å²) in [4.78, 5) is 12.5. The Bertz CT molecular complexity index is 721. The zero-order valence-corrected chi connectivity index (χ0v) is 14.2. The maximum Gasteiger partial charge on any atom is 0.255 e. The maximum absolute atomic E-state index is 12.5. The van der Waals surface area contributed by atoms with E-state index in [2.05, 4.69) is 11.4 Å². The lowest BCUT2D eigenvalue weighted by atomic mass is 10.1. The summed E-state index contributed by atoms with van der Waals surface area (Å²) in [5.41, 5.74) is 3.64. The predicted molar refractivity (Wildman–Crippen MR) is 94.8 cm³/mol. The van der Waals surface area contributed by atoms with Crippen LogP contribution in [0.1, 0.15) is 34.3 Å².